The zero-order valence-electron chi connectivity index (χ0n) is 13.9. The van der Waals surface area contributed by atoms with Crippen molar-refractivity contribution in [1.82, 2.24) is 9.97 Å². The summed E-state index contributed by atoms with van der Waals surface area (Å²) in [5.41, 5.74) is -0.0473. The molecule has 0 saturated heterocycles. The van der Waals surface area contributed by atoms with E-state index in [0.29, 0.717) is 6.04 Å². The molecule has 0 amide bonds. The largest absolute Gasteiger partial charge is 0.370 e. The Balaban J connectivity index is 2.97. The second kappa shape index (κ2) is 7.46. The first-order chi connectivity index (χ1) is 9.36. The summed E-state index contributed by atoms with van der Waals surface area (Å²) in [5, 5.41) is 6.84. The Labute approximate surface area is 123 Å². The molecule has 4 heteroatoms. The monoisotopic (exact) mass is 278 g/mol. The number of rotatable bonds is 7. The summed E-state index contributed by atoms with van der Waals surface area (Å²) >= 11 is 0. The molecule has 4 nitrogen and oxygen atoms in total. The maximum Gasteiger partial charge on any atom is 0.138 e. The highest BCUT2D eigenvalue weighted by molar-refractivity contribution is 5.48. The Morgan fingerprint density at radius 1 is 1.10 bits per heavy atom. The van der Waals surface area contributed by atoms with E-state index in [-0.39, 0.29) is 5.41 Å². The Bertz CT molecular complexity index is 409. The van der Waals surface area contributed by atoms with Gasteiger partial charge in [-0.05, 0) is 19.8 Å². The molecule has 1 atom stereocenters. The van der Waals surface area contributed by atoms with Crippen molar-refractivity contribution in [1.29, 1.82) is 0 Å². The van der Waals surface area contributed by atoms with Gasteiger partial charge in [-0.15, -0.1) is 0 Å². The van der Waals surface area contributed by atoms with Gasteiger partial charge >= 0.3 is 0 Å². The normalized spacial score (nSPS) is 13.1. The van der Waals surface area contributed by atoms with E-state index in [1.165, 1.54) is 6.42 Å². The number of hydrogen-bond acceptors (Lipinski definition) is 4. The first-order valence-electron chi connectivity index (χ1n) is 7.76. The minimum absolute atomic E-state index is 0.0473. The minimum Gasteiger partial charge on any atom is -0.370 e. The van der Waals surface area contributed by atoms with E-state index in [1.54, 1.807) is 0 Å². The molecule has 1 unspecified atom stereocenters. The third-order valence-corrected chi connectivity index (χ3v) is 3.07. The molecule has 1 aromatic heterocycles. The van der Waals surface area contributed by atoms with Crippen LogP contribution in [0.25, 0.3) is 0 Å². The van der Waals surface area contributed by atoms with Crippen LogP contribution >= 0.6 is 0 Å². The van der Waals surface area contributed by atoms with E-state index >= 15 is 0 Å². The molecular weight excluding hydrogens is 248 g/mol. The van der Waals surface area contributed by atoms with Crippen molar-refractivity contribution in [3.05, 3.63) is 11.9 Å². The van der Waals surface area contributed by atoms with Gasteiger partial charge in [0.05, 0.1) is 0 Å². The third kappa shape index (κ3) is 5.35. The van der Waals surface area contributed by atoms with Crippen LogP contribution in [0.3, 0.4) is 0 Å². The third-order valence-electron chi connectivity index (χ3n) is 3.07. The van der Waals surface area contributed by atoms with E-state index in [2.05, 4.69) is 62.1 Å². The predicted molar refractivity (Wildman–Crippen MR) is 87.5 cm³/mol. The van der Waals surface area contributed by atoms with Gasteiger partial charge in [-0.2, -0.15) is 0 Å². The summed E-state index contributed by atoms with van der Waals surface area (Å²) in [7, 11) is 0. The summed E-state index contributed by atoms with van der Waals surface area (Å²) in [6.07, 6.45) is 3.41. The number of nitrogens with one attached hydrogen (secondary N) is 2. The molecule has 0 radical (unpaired) electrons. The lowest BCUT2D eigenvalue weighted by atomic mass is 9.96. The van der Waals surface area contributed by atoms with Crippen molar-refractivity contribution in [3.63, 3.8) is 0 Å². The van der Waals surface area contributed by atoms with Gasteiger partial charge in [0.25, 0.3) is 0 Å². The lowest BCUT2D eigenvalue weighted by Crippen LogP contribution is -2.21. The fourth-order valence-corrected chi connectivity index (χ4v) is 1.96. The smallest absolute Gasteiger partial charge is 0.138 e. The highest BCUT2D eigenvalue weighted by atomic mass is 15.1. The van der Waals surface area contributed by atoms with Gasteiger partial charge in [-0.25, -0.2) is 9.97 Å². The van der Waals surface area contributed by atoms with Crippen LogP contribution in [0.15, 0.2) is 6.07 Å². The fraction of sp³-hybridized carbons (Fsp3) is 0.750. The van der Waals surface area contributed by atoms with Crippen molar-refractivity contribution >= 4 is 11.6 Å². The highest BCUT2D eigenvalue weighted by Crippen LogP contribution is 2.23. The van der Waals surface area contributed by atoms with E-state index in [1.807, 2.05) is 6.07 Å². The van der Waals surface area contributed by atoms with Gasteiger partial charge in [0.1, 0.15) is 17.5 Å². The second-order valence-electron chi connectivity index (χ2n) is 6.47. The average molecular weight is 278 g/mol. The maximum atomic E-state index is 4.67. The number of hydrogen-bond donors (Lipinski definition) is 2. The summed E-state index contributed by atoms with van der Waals surface area (Å²) in [6, 6.07) is 2.44. The molecular formula is C16H30N4. The fourth-order valence-electron chi connectivity index (χ4n) is 1.96. The van der Waals surface area contributed by atoms with Crippen LogP contribution in [0.1, 0.15) is 66.6 Å². The van der Waals surface area contributed by atoms with Gasteiger partial charge in [-0.3, -0.25) is 0 Å². The number of anilines is 2. The van der Waals surface area contributed by atoms with Crippen LogP contribution in [-0.4, -0.2) is 22.6 Å². The van der Waals surface area contributed by atoms with E-state index in [4.69, 9.17) is 0 Å². The van der Waals surface area contributed by atoms with E-state index in [0.717, 1.165) is 36.8 Å². The molecule has 0 spiro atoms. The van der Waals surface area contributed by atoms with Crippen LogP contribution in [0.4, 0.5) is 11.6 Å². The molecule has 1 rings (SSSR count). The van der Waals surface area contributed by atoms with E-state index in [9.17, 15) is 0 Å². The van der Waals surface area contributed by atoms with Gasteiger partial charge in [0, 0.05) is 24.1 Å². The number of aromatic nitrogens is 2. The van der Waals surface area contributed by atoms with E-state index < -0.39 is 0 Å². The molecule has 0 aliphatic heterocycles. The molecule has 1 heterocycles. The van der Waals surface area contributed by atoms with Crippen molar-refractivity contribution in [3.8, 4) is 0 Å². The van der Waals surface area contributed by atoms with Crippen molar-refractivity contribution in [2.24, 2.45) is 0 Å². The molecule has 0 aliphatic carbocycles. The molecule has 1 aromatic rings. The summed E-state index contributed by atoms with van der Waals surface area (Å²) in [5.74, 6) is 2.72. The Hall–Kier alpha value is -1.32. The average Bonchev–Trinajstić information content (AvgIpc) is 2.35. The highest BCUT2D eigenvalue weighted by Gasteiger charge is 2.19. The van der Waals surface area contributed by atoms with Gasteiger partial charge in [0.2, 0.25) is 0 Å². The lowest BCUT2D eigenvalue weighted by Gasteiger charge is -2.21. The minimum atomic E-state index is -0.0473. The maximum absolute atomic E-state index is 4.67. The zero-order chi connectivity index (χ0) is 15.2. The van der Waals surface area contributed by atoms with Crippen LogP contribution in [-0.2, 0) is 5.41 Å². The van der Waals surface area contributed by atoms with Crippen LogP contribution in [0, 0.1) is 0 Å². The Morgan fingerprint density at radius 2 is 1.75 bits per heavy atom. The first-order valence-corrected chi connectivity index (χ1v) is 7.76. The summed E-state index contributed by atoms with van der Waals surface area (Å²) in [6.45, 7) is 13.9. The molecule has 0 fully saturated rings. The SMILES string of the molecule is CCCNc1cc(NC(C)CCC)nc(C(C)(C)C)n1. The topological polar surface area (TPSA) is 49.8 Å². The quantitative estimate of drug-likeness (QED) is 0.785. The lowest BCUT2D eigenvalue weighted by molar-refractivity contribution is 0.545. The van der Waals surface area contributed by atoms with Gasteiger partial charge in [-0.1, -0.05) is 41.0 Å². The summed E-state index contributed by atoms with van der Waals surface area (Å²) < 4.78 is 0. The Morgan fingerprint density at radius 3 is 2.30 bits per heavy atom. The number of nitrogens with zero attached hydrogens (tertiary/aromatic N) is 2. The van der Waals surface area contributed by atoms with Crippen LogP contribution < -0.4 is 10.6 Å². The molecule has 0 aliphatic rings. The predicted octanol–water partition coefficient (Wildman–Crippen LogP) is 4.20. The molecule has 114 valence electrons. The summed E-state index contributed by atoms with van der Waals surface area (Å²) in [4.78, 5) is 9.31. The van der Waals surface area contributed by atoms with Gasteiger partial charge in [0.15, 0.2) is 0 Å². The van der Waals surface area contributed by atoms with Gasteiger partial charge < -0.3 is 10.6 Å². The zero-order valence-corrected chi connectivity index (χ0v) is 13.9. The van der Waals surface area contributed by atoms with Crippen molar-refractivity contribution in [2.45, 2.75) is 72.3 Å². The standard InChI is InChI=1S/C16H30N4/c1-7-9-12(3)18-14-11-13(17-10-8-2)19-15(20-14)16(4,5)6/h11-12H,7-10H2,1-6H3,(H2,17,18,19,20). The van der Waals surface area contributed by atoms with Crippen LogP contribution in [0.5, 0.6) is 0 Å². The Kier molecular flexibility index (Phi) is 6.24. The molecule has 0 bridgehead atoms. The molecule has 0 saturated carbocycles. The molecule has 20 heavy (non-hydrogen) atoms. The second-order valence-corrected chi connectivity index (χ2v) is 6.47. The molecule has 2 N–H and O–H groups in total. The van der Waals surface area contributed by atoms with Crippen molar-refractivity contribution in [2.75, 3.05) is 17.2 Å². The van der Waals surface area contributed by atoms with Crippen LogP contribution in [0.2, 0.25) is 0 Å². The first kappa shape index (κ1) is 16.7. The van der Waals surface area contributed by atoms with Crippen molar-refractivity contribution < 1.29 is 0 Å². The molecule has 0 aromatic carbocycles.